The zero-order valence-electron chi connectivity index (χ0n) is 13.1. The van der Waals surface area contributed by atoms with Crippen molar-refractivity contribution in [3.8, 4) is 0 Å². The molecule has 5 nitrogen and oxygen atoms in total. The molecule has 27 heavy (non-hydrogen) atoms. The predicted octanol–water partition coefficient (Wildman–Crippen LogP) is 5.77. The lowest BCUT2D eigenvalue weighted by molar-refractivity contribution is -0.384. The monoisotopic (exact) mass is 432 g/mol. The number of nitrogens with zero attached hydrogens (tertiary/aromatic N) is 2. The van der Waals surface area contributed by atoms with Gasteiger partial charge in [0.1, 0.15) is 6.29 Å². The highest BCUT2D eigenvalue weighted by Crippen LogP contribution is 2.42. The summed E-state index contributed by atoms with van der Waals surface area (Å²) in [6, 6.07) is 5.68. The van der Waals surface area contributed by atoms with E-state index in [0.29, 0.717) is 25.8 Å². The second-order valence-corrected chi connectivity index (χ2v) is 8.00. The summed E-state index contributed by atoms with van der Waals surface area (Å²) in [5.41, 5.74) is -0.510. The molecule has 0 saturated carbocycles. The molecule has 0 aliphatic heterocycles. The highest BCUT2D eigenvalue weighted by molar-refractivity contribution is 8.01. The Balaban J connectivity index is 2.01. The molecule has 11 heteroatoms. The van der Waals surface area contributed by atoms with Crippen molar-refractivity contribution in [2.45, 2.75) is 21.8 Å². The summed E-state index contributed by atoms with van der Waals surface area (Å²) in [5.74, 6) is 0. The van der Waals surface area contributed by atoms with E-state index in [4.69, 9.17) is 11.6 Å². The van der Waals surface area contributed by atoms with Gasteiger partial charge in [-0.25, -0.2) is 4.98 Å². The molecule has 0 fully saturated rings. The van der Waals surface area contributed by atoms with Gasteiger partial charge >= 0.3 is 6.18 Å². The van der Waals surface area contributed by atoms with Crippen LogP contribution in [0.3, 0.4) is 0 Å². The molecule has 0 aliphatic rings. The number of carbonyl (C=O) groups is 1. The Morgan fingerprint density at radius 1 is 1.30 bits per heavy atom. The van der Waals surface area contributed by atoms with Crippen LogP contribution in [0.2, 0.25) is 5.02 Å². The molecule has 0 unspecified atom stereocenters. The average Bonchev–Trinajstić information content (AvgIpc) is 2.98. The first-order valence-electron chi connectivity index (χ1n) is 7.25. The van der Waals surface area contributed by atoms with Gasteiger partial charge in [0.2, 0.25) is 0 Å². The van der Waals surface area contributed by atoms with Crippen molar-refractivity contribution in [3.05, 3.63) is 56.6 Å². The van der Waals surface area contributed by atoms with Gasteiger partial charge < -0.3 is 4.79 Å². The summed E-state index contributed by atoms with van der Waals surface area (Å²) in [6.07, 6.45) is -3.97. The van der Waals surface area contributed by atoms with E-state index >= 15 is 0 Å². The van der Waals surface area contributed by atoms with Crippen LogP contribution >= 0.6 is 34.7 Å². The number of non-ortho nitro benzene ring substituents is 1. The van der Waals surface area contributed by atoms with Crippen LogP contribution in [0.4, 0.5) is 18.9 Å². The zero-order chi connectivity index (χ0) is 19.8. The number of hydrogen-bond donors (Lipinski definition) is 0. The highest BCUT2D eigenvalue weighted by Gasteiger charge is 2.31. The van der Waals surface area contributed by atoms with Crippen molar-refractivity contribution in [2.24, 2.45) is 0 Å². The molecule has 3 aromatic rings. The number of alkyl halides is 3. The zero-order valence-corrected chi connectivity index (χ0v) is 15.5. The minimum atomic E-state index is -4.47. The topological polar surface area (TPSA) is 73.1 Å². The van der Waals surface area contributed by atoms with Crippen LogP contribution in [0.1, 0.15) is 11.1 Å². The fourth-order valence-corrected chi connectivity index (χ4v) is 4.77. The van der Waals surface area contributed by atoms with Crippen molar-refractivity contribution in [1.82, 2.24) is 4.98 Å². The normalized spacial score (nSPS) is 11.7. The van der Waals surface area contributed by atoms with Gasteiger partial charge in [-0.2, -0.15) is 13.2 Å². The average molecular weight is 433 g/mol. The summed E-state index contributed by atoms with van der Waals surface area (Å²) in [6.45, 7) is 0. The van der Waals surface area contributed by atoms with Crippen molar-refractivity contribution < 1.29 is 22.9 Å². The lowest BCUT2D eigenvalue weighted by atomic mass is 10.1. The van der Waals surface area contributed by atoms with Crippen LogP contribution in [0, 0.1) is 10.1 Å². The summed E-state index contributed by atoms with van der Waals surface area (Å²) in [4.78, 5) is 25.8. The lowest BCUT2D eigenvalue weighted by Crippen LogP contribution is -2.03. The van der Waals surface area contributed by atoms with E-state index in [1.54, 1.807) is 0 Å². The molecule has 3 rings (SSSR count). The largest absolute Gasteiger partial charge is 0.416 e. The first kappa shape index (κ1) is 19.6. The third-order valence-electron chi connectivity index (χ3n) is 3.50. The molecule has 2 aromatic carbocycles. The van der Waals surface area contributed by atoms with Crippen molar-refractivity contribution >= 4 is 56.9 Å². The van der Waals surface area contributed by atoms with Gasteiger partial charge in [-0.1, -0.05) is 23.4 Å². The Kier molecular flexibility index (Phi) is 5.41. The van der Waals surface area contributed by atoms with Crippen LogP contribution in [-0.2, 0) is 17.4 Å². The molecule has 0 amide bonds. The van der Waals surface area contributed by atoms with Gasteiger partial charge in [0, 0.05) is 23.4 Å². The van der Waals surface area contributed by atoms with Gasteiger partial charge in [0.15, 0.2) is 4.34 Å². The Bertz CT molecular complexity index is 1050. The van der Waals surface area contributed by atoms with Crippen LogP contribution in [0.15, 0.2) is 39.6 Å². The quantitative estimate of drug-likeness (QED) is 0.291. The molecular weight excluding hydrogens is 425 g/mol. The van der Waals surface area contributed by atoms with E-state index in [1.165, 1.54) is 12.1 Å². The van der Waals surface area contributed by atoms with Crippen LogP contribution in [-0.4, -0.2) is 16.2 Å². The number of nitro groups is 1. The van der Waals surface area contributed by atoms with Crippen LogP contribution in [0.5, 0.6) is 0 Å². The Labute approximate surface area is 163 Å². The predicted molar refractivity (Wildman–Crippen MR) is 96.6 cm³/mol. The van der Waals surface area contributed by atoms with Crippen molar-refractivity contribution in [3.63, 3.8) is 0 Å². The molecule has 0 bridgehead atoms. The minimum Gasteiger partial charge on any atom is -0.303 e. The molecule has 0 spiro atoms. The first-order valence-corrected chi connectivity index (χ1v) is 9.26. The maximum Gasteiger partial charge on any atom is 0.416 e. The molecule has 0 aliphatic carbocycles. The number of thiazole rings is 1. The van der Waals surface area contributed by atoms with Crippen molar-refractivity contribution in [1.29, 1.82) is 0 Å². The molecular formula is C16H8ClF3N2O3S2. The second-order valence-electron chi connectivity index (χ2n) is 5.31. The molecule has 0 saturated heterocycles. The van der Waals surface area contributed by atoms with Crippen LogP contribution < -0.4 is 0 Å². The summed E-state index contributed by atoms with van der Waals surface area (Å²) in [5, 5.41) is 11.0. The molecule has 1 aromatic heterocycles. The first-order chi connectivity index (χ1) is 12.7. The molecule has 0 atom stereocenters. The third kappa shape index (κ3) is 4.23. The number of aldehydes is 1. The minimum absolute atomic E-state index is 0.0706. The van der Waals surface area contributed by atoms with Gasteiger partial charge in [-0.15, -0.1) is 11.3 Å². The lowest BCUT2D eigenvalue weighted by Gasteiger charge is -2.07. The SMILES string of the molecule is O=CCc1cc([N+](=O)[O-])cc(Cl)c1Sc1nc2cc(C(F)(F)F)ccc2s1. The van der Waals surface area contributed by atoms with E-state index in [1.807, 2.05) is 0 Å². The smallest absolute Gasteiger partial charge is 0.303 e. The maximum atomic E-state index is 12.8. The van der Waals surface area contributed by atoms with Gasteiger partial charge in [0.25, 0.3) is 5.69 Å². The molecule has 140 valence electrons. The number of halogens is 4. The maximum absolute atomic E-state index is 12.8. The van der Waals surface area contributed by atoms with Crippen molar-refractivity contribution in [2.75, 3.05) is 0 Å². The van der Waals surface area contributed by atoms with Crippen LogP contribution in [0.25, 0.3) is 10.2 Å². The van der Waals surface area contributed by atoms with E-state index in [-0.39, 0.29) is 22.6 Å². The fraction of sp³-hybridized carbons (Fsp3) is 0.125. The number of benzene rings is 2. The Morgan fingerprint density at radius 2 is 2.04 bits per heavy atom. The van der Waals surface area contributed by atoms with Gasteiger partial charge in [-0.05, 0) is 23.8 Å². The standard InChI is InChI=1S/C16H8ClF3N2O3S2/c17-11-7-10(22(24)25)5-8(3-4-23)14(11)27-15-21-12-6-9(16(18,19)20)1-2-13(12)26-15/h1-2,4-7H,3H2. The second kappa shape index (κ2) is 7.45. The number of fused-ring (bicyclic) bond motifs is 1. The van der Waals surface area contributed by atoms with E-state index in [9.17, 15) is 28.1 Å². The van der Waals surface area contributed by atoms with Gasteiger partial charge in [0.05, 0.1) is 25.7 Å². The Morgan fingerprint density at radius 3 is 2.67 bits per heavy atom. The summed E-state index contributed by atoms with van der Waals surface area (Å²) in [7, 11) is 0. The third-order valence-corrected chi connectivity index (χ3v) is 6.20. The molecule has 0 N–H and O–H groups in total. The Hall–Kier alpha value is -2.17. The molecule has 1 heterocycles. The van der Waals surface area contributed by atoms with Gasteiger partial charge in [-0.3, -0.25) is 10.1 Å². The summed E-state index contributed by atoms with van der Waals surface area (Å²) < 4.78 is 39.4. The highest BCUT2D eigenvalue weighted by atomic mass is 35.5. The van der Waals surface area contributed by atoms with E-state index in [0.717, 1.165) is 41.3 Å². The number of aromatic nitrogens is 1. The summed E-state index contributed by atoms with van der Waals surface area (Å²) >= 11 is 8.35. The number of nitro benzene ring substituents is 1. The number of carbonyl (C=O) groups excluding carboxylic acids is 1. The number of hydrogen-bond acceptors (Lipinski definition) is 6. The molecule has 0 radical (unpaired) electrons. The van der Waals surface area contributed by atoms with E-state index < -0.39 is 16.7 Å². The van der Waals surface area contributed by atoms with E-state index in [2.05, 4.69) is 4.98 Å². The fourth-order valence-electron chi connectivity index (χ4n) is 2.31. The number of rotatable bonds is 5.